The van der Waals surface area contributed by atoms with Crippen LogP contribution in [0, 0.1) is 0 Å². The summed E-state index contributed by atoms with van der Waals surface area (Å²) in [6.45, 7) is 4.49. The number of amides is 2. The second-order valence-corrected chi connectivity index (χ2v) is 3.83. The number of carbonyl (C=O) groups is 2. The van der Waals surface area contributed by atoms with Crippen molar-refractivity contribution in [1.29, 1.82) is 0 Å². The zero-order valence-corrected chi connectivity index (χ0v) is 10.4. The average molecular weight is 244 g/mol. The van der Waals surface area contributed by atoms with Gasteiger partial charge in [0.1, 0.15) is 0 Å². The summed E-state index contributed by atoms with van der Waals surface area (Å²) in [5.74, 6) is 0.706. The van der Waals surface area contributed by atoms with Gasteiger partial charge in [-0.25, -0.2) is 0 Å². The predicted molar refractivity (Wildman–Crippen MR) is 68.5 cm³/mol. The van der Waals surface area contributed by atoms with E-state index >= 15 is 0 Å². The first-order chi connectivity index (χ1) is 7.70. The van der Waals surface area contributed by atoms with E-state index in [4.69, 9.17) is 0 Å². The molecule has 0 aromatic carbocycles. The van der Waals surface area contributed by atoms with Crippen LogP contribution in [0.5, 0.6) is 0 Å². The van der Waals surface area contributed by atoms with Gasteiger partial charge >= 0.3 is 0 Å². The Labute approximate surface area is 102 Å². The van der Waals surface area contributed by atoms with Gasteiger partial charge in [0.15, 0.2) is 0 Å². The van der Waals surface area contributed by atoms with E-state index in [9.17, 15) is 9.59 Å². The molecule has 0 aliphatic heterocycles. The molecule has 5 heteroatoms. The van der Waals surface area contributed by atoms with Crippen LogP contribution in [0.2, 0.25) is 0 Å². The Morgan fingerprint density at radius 2 is 1.81 bits per heavy atom. The number of thiol groups is 1. The summed E-state index contributed by atoms with van der Waals surface area (Å²) in [6, 6.07) is 0. The molecular formula is C11H20N2O2S. The minimum atomic E-state index is -0.180. The number of hydrogen-bond acceptors (Lipinski definition) is 3. The maximum atomic E-state index is 11.2. The van der Waals surface area contributed by atoms with Crippen LogP contribution in [0.1, 0.15) is 25.7 Å². The third kappa shape index (κ3) is 9.58. The zero-order chi connectivity index (χ0) is 12.2. The van der Waals surface area contributed by atoms with E-state index in [1.54, 1.807) is 0 Å². The van der Waals surface area contributed by atoms with Gasteiger partial charge in [0.2, 0.25) is 11.8 Å². The molecular weight excluding hydrogens is 224 g/mol. The lowest BCUT2D eigenvalue weighted by atomic mass is 10.2. The monoisotopic (exact) mass is 244 g/mol. The van der Waals surface area contributed by atoms with Gasteiger partial charge in [0, 0.05) is 19.5 Å². The van der Waals surface area contributed by atoms with Crippen molar-refractivity contribution in [3.8, 4) is 0 Å². The molecule has 0 radical (unpaired) electrons. The van der Waals surface area contributed by atoms with E-state index in [0.717, 1.165) is 25.0 Å². The van der Waals surface area contributed by atoms with Crippen molar-refractivity contribution in [1.82, 2.24) is 10.6 Å². The molecule has 0 spiro atoms. The van der Waals surface area contributed by atoms with Gasteiger partial charge in [0.05, 0.1) is 0 Å². The molecule has 0 unspecified atom stereocenters. The third-order valence-electron chi connectivity index (χ3n) is 1.97. The maximum Gasteiger partial charge on any atom is 0.243 e. The van der Waals surface area contributed by atoms with Gasteiger partial charge in [-0.05, 0) is 31.1 Å². The van der Waals surface area contributed by atoms with E-state index < -0.39 is 0 Å². The second-order valence-electron chi connectivity index (χ2n) is 3.38. The first-order valence-electron chi connectivity index (χ1n) is 5.48. The molecule has 0 saturated carbocycles. The van der Waals surface area contributed by atoms with Crippen molar-refractivity contribution in [2.75, 3.05) is 18.8 Å². The SMILES string of the molecule is C=CC(=O)NCCCNC(=O)CCCCS. The van der Waals surface area contributed by atoms with Crippen LogP contribution in [0.3, 0.4) is 0 Å². The molecule has 0 aliphatic carbocycles. The second kappa shape index (κ2) is 10.5. The molecule has 0 fully saturated rings. The van der Waals surface area contributed by atoms with Crippen LogP contribution >= 0.6 is 12.6 Å². The van der Waals surface area contributed by atoms with Crippen molar-refractivity contribution >= 4 is 24.4 Å². The van der Waals surface area contributed by atoms with Crippen LogP contribution in [0.25, 0.3) is 0 Å². The molecule has 0 bridgehead atoms. The molecule has 0 aromatic rings. The summed E-state index contributed by atoms with van der Waals surface area (Å²) in [5, 5.41) is 5.43. The summed E-state index contributed by atoms with van der Waals surface area (Å²) in [6.07, 6.45) is 4.36. The predicted octanol–water partition coefficient (Wildman–Crippen LogP) is 0.895. The molecule has 16 heavy (non-hydrogen) atoms. The quantitative estimate of drug-likeness (QED) is 0.320. The Morgan fingerprint density at radius 1 is 1.12 bits per heavy atom. The Balaban J connectivity index is 3.27. The van der Waals surface area contributed by atoms with Crippen molar-refractivity contribution in [3.05, 3.63) is 12.7 Å². The Kier molecular flexibility index (Phi) is 9.91. The van der Waals surface area contributed by atoms with Gasteiger partial charge in [-0.1, -0.05) is 6.58 Å². The fraction of sp³-hybridized carbons (Fsp3) is 0.636. The molecule has 0 aromatic heterocycles. The van der Waals surface area contributed by atoms with Gasteiger partial charge in [-0.3, -0.25) is 9.59 Å². The average Bonchev–Trinajstić information content (AvgIpc) is 2.28. The number of unbranched alkanes of at least 4 members (excludes halogenated alkanes) is 1. The minimum absolute atomic E-state index is 0.0665. The first kappa shape index (κ1) is 15.0. The summed E-state index contributed by atoms with van der Waals surface area (Å²) in [4.78, 5) is 22.0. The first-order valence-corrected chi connectivity index (χ1v) is 6.11. The van der Waals surface area contributed by atoms with Crippen molar-refractivity contribution < 1.29 is 9.59 Å². The van der Waals surface area contributed by atoms with Crippen LogP contribution < -0.4 is 10.6 Å². The fourth-order valence-electron chi connectivity index (χ4n) is 1.09. The molecule has 0 atom stereocenters. The highest BCUT2D eigenvalue weighted by atomic mass is 32.1. The standard InChI is InChI=1S/C11H20N2O2S/c1-2-10(14)12-7-5-8-13-11(15)6-3-4-9-16/h2,16H,1,3-9H2,(H,12,14)(H,13,15). The highest BCUT2D eigenvalue weighted by Gasteiger charge is 1.99. The van der Waals surface area contributed by atoms with E-state index in [-0.39, 0.29) is 11.8 Å². The third-order valence-corrected chi connectivity index (χ3v) is 2.29. The lowest BCUT2D eigenvalue weighted by Crippen LogP contribution is -2.28. The van der Waals surface area contributed by atoms with Crippen molar-refractivity contribution in [3.63, 3.8) is 0 Å². The fourth-order valence-corrected chi connectivity index (χ4v) is 1.31. The molecule has 0 saturated heterocycles. The minimum Gasteiger partial charge on any atom is -0.356 e. The van der Waals surface area contributed by atoms with Crippen molar-refractivity contribution in [2.45, 2.75) is 25.7 Å². The van der Waals surface area contributed by atoms with Gasteiger partial charge in [-0.15, -0.1) is 0 Å². The molecule has 2 N–H and O–H groups in total. The lowest BCUT2D eigenvalue weighted by Gasteiger charge is -2.05. The number of hydrogen-bond donors (Lipinski definition) is 3. The Hall–Kier alpha value is -0.970. The molecule has 0 heterocycles. The van der Waals surface area contributed by atoms with Gasteiger partial charge in [-0.2, -0.15) is 12.6 Å². The van der Waals surface area contributed by atoms with Crippen LogP contribution in [0.4, 0.5) is 0 Å². The highest BCUT2D eigenvalue weighted by molar-refractivity contribution is 7.80. The molecule has 4 nitrogen and oxygen atoms in total. The smallest absolute Gasteiger partial charge is 0.243 e. The van der Waals surface area contributed by atoms with Gasteiger partial charge in [0.25, 0.3) is 0 Å². The molecule has 0 rings (SSSR count). The van der Waals surface area contributed by atoms with E-state index in [0.29, 0.717) is 19.5 Å². The molecule has 2 amide bonds. The normalized spacial score (nSPS) is 9.56. The topological polar surface area (TPSA) is 58.2 Å². The summed E-state index contributed by atoms with van der Waals surface area (Å²) < 4.78 is 0. The summed E-state index contributed by atoms with van der Waals surface area (Å²) in [7, 11) is 0. The lowest BCUT2D eigenvalue weighted by molar-refractivity contribution is -0.121. The van der Waals surface area contributed by atoms with Gasteiger partial charge < -0.3 is 10.6 Å². The summed E-state index contributed by atoms with van der Waals surface area (Å²) in [5.41, 5.74) is 0. The number of carbonyl (C=O) groups excluding carboxylic acids is 2. The Bertz CT molecular complexity index is 232. The van der Waals surface area contributed by atoms with E-state index in [2.05, 4.69) is 29.8 Å². The van der Waals surface area contributed by atoms with E-state index in [1.165, 1.54) is 6.08 Å². The molecule has 92 valence electrons. The van der Waals surface area contributed by atoms with Crippen molar-refractivity contribution in [2.24, 2.45) is 0 Å². The molecule has 0 aliphatic rings. The van der Waals surface area contributed by atoms with Crippen LogP contribution in [-0.2, 0) is 9.59 Å². The summed E-state index contributed by atoms with van der Waals surface area (Å²) >= 11 is 4.07. The largest absolute Gasteiger partial charge is 0.356 e. The zero-order valence-electron chi connectivity index (χ0n) is 9.50. The number of rotatable bonds is 9. The maximum absolute atomic E-state index is 11.2. The Morgan fingerprint density at radius 3 is 2.44 bits per heavy atom. The van der Waals surface area contributed by atoms with Crippen LogP contribution in [-0.4, -0.2) is 30.7 Å². The van der Waals surface area contributed by atoms with E-state index in [1.807, 2.05) is 0 Å². The number of nitrogens with one attached hydrogen (secondary N) is 2. The highest BCUT2D eigenvalue weighted by Crippen LogP contribution is 1.96. The van der Waals surface area contributed by atoms with Crippen LogP contribution in [0.15, 0.2) is 12.7 Å².